The van der Waals surface area contributed by atoms with Gasteiger partial charge in [-0.3, -0.25) is 0 Å². The van der Waals surface area contributed by atoms with Crippen molar-refractivity contribution in [2.45, 2.75) is 6.42 Å². The molecule has 0 unspecified atom stereocenters. The molecule has 2 aromatic rings. The Morgan fingerprint density at radius 1 is 1.06 bits per heavy atom. The van der Waals surface area contributed by atoms with Gasteiger partial charge in [0.25, 0.3) is 0 Å². The molecule has 0 nitrogen and oxygen atoms in total. The van der Waals surface area contributed by atoms with Crippen LogP contribution in [-0.2, 0) is 6.42 Å². The van der Waals surface area contributed by atoms with Crippen molar-refractivity contribution in [3.63, 3.8) is 0 Å². The van der Waals surface area contributed by atoms with E-state index in [1.54, 1.807) is 0 Å². The number of fused-ring (bicyclic) bond motifs is 3. The SMILES string of the molecule is C=Cc1ccc2c(c1Br)Cc1ccccc1-2. The zero-order valence-corrected chi connectivity index (χ0v) is 10.4. The first-order valence-corrected chi connectivity index (χ1v) is 6.12. The van der Waals surface area contributed by atoms with E-state index in [1.165, 1.54) is 32.3 Å². The normalized spacial score (nSPS) is 12.1. The Bertz CT molecular complexity index is 582. The van der Waals surface area contributed by atoms with Crippen LogP contribution in [0.5, 0.6) is 0 Å². The van der Waals surface area contributed by atoms with Crippen LogP contribution in [0.25, 0.3) is 17.2 Å². The number of hydrogen-bond donors (Lipinski definition) is 0. The first kappa shape index (κ1) is 9.86. The van der Waals surface area contributed by atoms with Crippen LogP contribution >= 0.6 is 15.9 Å². The minimum Gasteiger partial charge on any atom is -0.0984 e. The van der Waals surface area contributed by atoms with Gasteiger partial charge in [0.1, 0.15) is 0 Å². The number of rotatable bonds is 1. The van der Waals surface area contributed by atoms with Crippen LogP contribution in [-0.4, -0.2) is 0 Å². The van der Waals surface area contributed by atoms with E-state index in [2.05, 4.69) is 58.9 Å². The summed E-state index contributed by atoms with van der Waals surface area (Å²) in [7, 11) is 0. The van der Waals surface area contributed by atoms with E-state index in [0.717, 1.165) is 6.42 Å². The minimum absolute atomic E-state index is 1.02. The van der Waals surface area contributed by atoms with Crippen LogP contribution in [0.2, 0.25) is 0 Å². The molecule has 0 spiro atoms. The molecule has 0 fully saturated rings. The first-order chi connectivity index (χ1) is 7.81. The second kappa shape index (κ2) is 3.60. The highest BCUT2D eigenvalue weighted by Gasteiger charge is 2.20. The third-order valence-corrected chi connectivity index (χ3v) is 4.10. The van der Waals surface area contributed by atoms with Crippen LogP contribution < -0.4 is 0 Å². The molecule has 0 aromatic heterocycles. The van der Waals surface area contributed by atoms with Gasteiger partial charge in [-0.25, -0.2) is 0 Å². The summed E-state index contributed by atoms with van der Waals surface area (Å²) < 4.78 is 1.19. The molecule has 0 bridgehead atoms. The predicted molar refractivity (Wildman–Crippen MR) is 72.5 cm³/mol. The average molecular weight is 271 g/mol. The highest BCUT2D eigenvalue weighted by Crippen LogP contribution is 2.41. The van der Waals surface area contributed by atoms with Gasteiger partial charge in [0.15, 0.2) is 0 Å². The van der Waals surface area contributed by atoms with Crippen molar-refractivity contribution in [1.29, 1.82) is 0 Å². The summed E-state index contributed by atoms with van der Waals surface area (Å²) in [4.78, 5) is 0. The molecule has 0 atom stereocenters. The van der Waals surface area contributed by atoms with Gasteiger partial charge in [0.2, 0.25) is 0 Å². The average Bonchev–Trinajstić information content (AvgIpc) is 2.69. The second-order valence-corrected chi connectivity index (χ2v) is 4.83. The van der Waals surface area contributed by atoms with Gasteiger partial charge < -0.3 is 0 Å². The molecule has 1 heteroatoms. The zero-order chi connectivity index (χ0) is 11.1. The summed E-state index contributed by atoms with van der Waals surface area (Å²) in [6.45, 7) is 3.84. The van der Waals surface area contributed by atoms with Crippen molar-refractivity contribution in [2.75, 3.05) is 0 Å². The van der Waals surface area contributed by atoms with Crippen molar-refractivity contribution in [3.05, 3.63) is 64.1 Å². The Hall–Kier alpha value is -1.34. The fourth-order valence-electron chi connectivity index (χ4n) is 2.35. The van der Waals surface area contributed by atoms with Crippen molar-refractivity contribution in [1.82, 2.24) is 0 Å². The van der Waals surface area contributed by atoms with E-state index >= 15 is 0 Å². The topological polar surface area (TPSA) is 0 Å². The molecule has 78 valence electrons. The lowest BCUT2D eigenvalue weighted by atomic mass is 10.0. The number of hydrogen-bond acceptors (Lipinski definition) is 0. The summed E-state index contributed by atoms with van der Waals surface area (Å²) >= 11 is 3.68. The van der Waals surface area contributed by atoms with Gasteiger partial charge >= 0.3 is 0 Å². The molecule has 16 heavy (non-hydrogen) atoms. The Balaban J connectivity index is 2.28. The van der Waals surface area contributed by atoms with E-state index < -0.39 is 0 Å². The molecule has 0 saturated carbocycles. The van der Waals surface area contributed by atoms with Gasteiger partial charge in [-0.15, -0.1) is 0 Å². The minimum atomic E-state index is 1.02. The van der Waals surface area contributed by atoms with Gasteiger partial charge in [-0.05, 0) is 50.2 Å². The lowest BCUT2D eigenvalue weighted by Gasteiger charge is -2.06. The van der Waals surface area contributed by atoms with E-state index in [9.17, 15) is 0 Å². The molecule has 2 aromatic carbocycles. The van der Waals surface area contributed by atoms with E-state index in [4.69, 9.17) is 0 Å². The van der Waals surface area contributed by atoms with Crippen molar-refractivity contribution in [3.8, 4) is 11.1 Å². The Labute approximate surface area is 104 Å². The Morgan fingerprint density at radius 3 is 2.69 bits per heavy atom. The molecule has 1 aliphatic rings. The van der Waals surface area contributed by atoms with E-state index in [1.807, 2.05) is 6.08 Å². The van der Waals surface area contributed by atoms with E-state index in [-0.39, 0.29) is 0 Å². The van der Waals surface area contributed by atoms with Crippen LogP contribution in [0.1, 0.15) is 16.7 Å². The highest BCUT2D eigenvalue weighted by atomic mass is 79.9. The molecule has 0 amide bonds. The monoisotopic (exact) mass is 270 g/mol. The molecule has 0 saturated heterocycles. The number of halogens is 1. The predicted octanol–water partition coefficient (Wildman–Crippen LogP) is 4.66. The third kappa shape index (κ3) is 1.28. The Morgan fingerprint density at radius 2 is 1.88 bits per heavy atom. The van der Waals surface area contributed by atoms with Crippen LogP contribution in [0.15, 0.2) is 47.4 Å². The molecule has 0 heterocycles. The fourth-order valence-corrected chi connectivity index (χ4v) is 3.00. The summed E-state index contributed by atoms with van der Waals surface area (Å²) in [5.74, 6) is 0. The summed E-state index contributed by atoms with van der Waals surface area (Å²) in [6, 6.07) is 12.9. The van der Waals surface area contributed by atoms with Crippen molar-refractivity contribution >= 4 is 22.0 Å². The molecule has 1 aliphatic carbocycles. The fraction of sp³-hybridized carbons (Fsp3) is 0.0667. The molecular formula is C15H11Br. The van der Waals surface area contributed by atoms with Crippen molar-refractivity contribution < 1.29 is 0 Å². The maximum absolute atomic E-state index is 3.84. The molecule has 0 radical (unpaired) electrons. The van der Waals surface area contributed by atoms with Gasteiger partial charge in [-0.1, -0.05) is 49.1 Å². The first-order valence-electron chi connectivity index (χ1n) is 5.33. The smallest absolute Gasteiger partial charge is 0.0289 e. The standard InChI is InChI=1S/C15H11Br/c1-2-10-7-8-13-12-6-4-3-5-11(12)9-14(13)15(10)16/h2-8H,1,9H2. The lowest BCUT2D eigenvalue weighted by Crippen LogP contribution is -1.85. The molecule has 0 aliphatic heterocycles. The van der Waals surface area contributed by atoms with Crippen LogP contribution in [0.4, 0.5) is 0 Å². The molecule has 3 rings (SSSR count). The highest BCUT2D eigenvalue weighted by molar-refractivity contribution is 9.10. The molecule has 0 N–H and O–H groups in total. The number of benzene rings is 2. The lowest BCUT2D eigenvalue weighted by molar-refractivity contribution is 1.24. The summed E-state index contributed by atoms with van der Waals surface area (Å²) in [6.07, 6.45) is 2.92. The van der Waals surface area contributed by atoms with Crippen molar-refractivity contribution in [2.24, 2.45) is 0 Å². The second-order valence-electron chi connectivity index (χ2n) is 4.03. The van der Waals surface area contributed by atoms with Gasteiger partial charge in [-0.2, -0.15) is 0 Å². The quantitative estimate of drug-likeness (QED) is 0.603. The van der Waals surface area contributed by atoms with Gasteiger partial charge in [0, 0.05) is 4.47 Å². The largest absolute Gasteiger partial charge is 0.0984 e. The van der Waals surface area contributed by atoms with Gasteiger partial charge in [0.05, 0.1) is 0 Å². The molecular weight excluding hydrogens is 260 g/mol. The van der Waals surface area contributed by atoms with E-state index in [0.29, 0.717) is 0 Å². The Kier molecular flexibility index (Phi) is 2.22. The maximum atomic E-state index is 3.84. The zero-order valence-electron chi connectivity index (χ0n) is 8.83. The summed E-state index contributed by atoms with van der Waals surface area (Å²) in [5.41, 5.74) is 6.70. The maximum Gasteiger partial charge on any atom is 0.0289 e. The summed E-state index contributed by atoms with van der Waals surface area (Å²) in [5, 5.41) is 0. The third-order valence-electron chi connectivity index (χ3n) is 3.17. The van der Waals surface area contributed by atoms with Crippen LogP contribution in [0, 0.1) is 0 Å². The van der Waals surface area contributed by atoms with Crippen LogP contribution in [0.3, 0.4) is 0 Å².